The van der Waals surface area contributed by atoms with Crippen LogP contribution in [0.1, 0.15) is 6.42 Å². The molecule has 0 aliphatic carbocycles. The minimum absolute atomic E-state index is 0.686. The molecule has 1 aliphatic rings. The van der Waals surface area contributed by atoms with Gasteiger partial charge >= 0.3 is 0 Å². The highest BCUT2D eigenvalue weighted by Gasteiger charge is 2.14. The van der Waals surface area contributed by atoms with Gasteiger partial charge in [0.05, 0.1) is 11.6 Å². The van der Waals surface area contributed by atoms with Crippen molar-refractivity contribution in [2.45, 2.75) is 6.42 Å². The monoisotopic (exact) mass is 290 g/mol. The van der Waals surface area contributed by atoms with Crippen LogP contribution in [0.15, 0.2) is 16.7 Å². The van der Waals surface area contributed by atoms with Gasteiger partial charge in [0.15, 0.2) is 0 Å². The van der Waals surface area contributed by atoms with Gasteiger partial charge in [-0.05, 0) is 28.4 Å². The quantitative estimate of drug-likeness (QED) is 0.795. The third-order valence-corrected chi connectivity index (χ3v) is 3.02. The maximum absolute atomic E-state index is 6.14. The zero-order valence-corrected chi connectivity index (χ0v) is 10.6. The molecule has 3 nitrogen and oxygen atoms in total. The number of nitrogens with zero attached hydrogens (tertiary/aromatic N) is 2. The highest BCUT2D eigenvalue weighted by Crippen LogP contribution is 2.26. The standard InChI is InChI=1S/C10H12BrClN2O/c11-8-6-9(12)10(13-7-8)14-2-1-4-15-5-3-14/h6-7H,1-5H2. The van der Waals surface area contributed by atoms with Crippen molar-refractivity contribution in [2.75, 3.05) is 31.2 Å². The van der Waals surface area contributed by atoms with Gasteiger partial charge in [0.1, 0.15) is 5.82 Å². The molecule has 0 spiro atoms. The van der Waals surface area contributed by atoms with Gasteiger partial charge in [0.25, 0.3) is 0 Å². The zero-order valence-electron chi connectivity index (χ0n) is 8.25. The summed E-state index contributed by atoms with van der Waals surface area (Å²) in [6.07, 6.45) is 2.79. The third-order valence-electron chi connectivity index (χ3n) is 2.31. The molecule has 1 saturated heterocycles. The largest absolute Gasteiger partial charge is 0.380 e. The highest BCUT2D eigenvalue weighted by atomic mass is 79.9. The summed E-state index contributed by atoms with van der Waals surface area (Å²) in [7, 11) is 0. The number of hydrogen-bond donors (Lipinski definition) is 0. The summed E-state index contributed by atoms with van der Waals surface area (Å²) in [6, 6.07) is 1.87. The van der Waals surface area contributed by atoms with Gasteiger partial charge < -0.3 is 9.64 Å². The number of pyridine rings is 1. The Bertz CT molecular complexity index is 340. The van der Waals surface area contributed by atoms with Gasteiger partial charge in [-0.3, -0.25) is 0 Å². The maximum Gasteiger partial charge on any atom is 0.147 e. The first-order valence-corrected chi connectivity index (χ1v) is 6.08. The maximum atomic E-state index is 6.14. The van der Waals surface area contributed by atoms with E-state index in [0.29, 0.717) is 5.02 Å². The van der Waals surface area contributed by atoms with E-state index >= 15 is 0 Å². The lowest BCUT2D eigenvalue weighted by molar-refractivity contribution is 0.152. The molecule has 1 aliphatic heterocycles. The molecule has 82 valence electrons. The average molecular weight is 292 g/mol. The lowest BCUT2D eigenvalue weighted by atomic mass is 10.3. The van der Waals surface area contributed by atoms with Crippen molar-refractivity contribution in [1.29, 1.82) is 0 Å². The summed E-state index contributed by atoms with van der Waals surface area (Å²) in [5, 5.41) is 0.686. The Morgan fingerprint density at radius 2 is 2.27 bits per heavy atom. The van der Waals surface area contributed by atoms with Crippen LogP contribution in [-0.4, -0.2) is 31.3 Å². The van der Waals surface area contributed by atoms with Gasteiger partial charge in [0, 0.05) is 30.4 Å². The van der Waals surface area contributed by atoms with Crippen molar-refractivity contribution < 1.29 is 4.74 Å². The van der Waals surface area contributed by atoms with E-state index < -0.39 is 0 Å². The van der Waals surface area contributed by atoms with Crippen LogP contribution < -0.4 is 4.90 Å². The van der Waals surface area contributed by atoms with Crippen LogP contribution in [0, 0.1) is 0 Å². The average Bonchev–Trinajstić information content (AvgIpc) is 2.46. The van der Waals surface area contributed by atoms with E-state index in [1.54, 1.807) is 6.20 Å². The molecule has 0 unspecified atom stereocenters. The van der Waals surface area contributed by atoms with Gasteiger partial charge in [-0.25, -0.2) is 4.98 Å². The van der Waals surface area contributed by atoms with Crippen LogP contribution in [-0.2, 0) is 4.74 Å². The molecule has 1 aromatic rings. The Balaban J connectivity index is 2.19. The molecule has 5 heteroatoms. The molecule has 0 radical (unpaired) electrons. The van der Waals surface area contributed by atoms with Crippen LogP contribution in [0.5, 0.6) is 0 Å². The molecule has 0 aromatic carbocycles. The van der Waals surface area contributed by atoms with Crippen molar-refractivity contribution in [3.8, 4) is 0 Å². The number of ether oxygens (including phenoxy) is 1. The number of halogens is 2. The summed E-state index contributed by atoms with van der Waals surface area (Å²) in [5.41, 5.74) is 0. The van der Waals surface area contributed by atoms with Crippen LogP contribution in [0.2, 0.25) is 5.02 Å². The smallest absolute Gasteiger partial charge is 0.147 e. The Morgan fingerprint density at radius 1 is 1.40 bits per heavy atom. The molecule has 0 saturated carbocycles. The van der Waals surface area contributed by atoms with E-state index in [9.17, 15) is 0 Å². The molecule has 2 rings (SSSR count). The number of aromatic nitrogens is 1. The second-order valence-electron chi connectivity index (χ2n) is 3.41. The molecule has 0 atom stereocenters. The molecule has 15 heavy (non-hydrogen) atoms. The molecule has 1 fully saturated rings. The molecule has 1 aromatic heterocycles. The van der Waals surface area contributed by atoms with Gasteiger partial charge in [-0.1, -0.05) is 11.6 Å². The van der Waals surface area contributed by atoms with Crippen LogP contribution in [0.25, 0.3) is 0 Å². The molecule has 2 heterocycles. The van der Waals surface area contributed by atoms with Crippen molar-refractivity contribution in [3.63, 3.8) is 0 Å². The second-order valence-corrected chi connectivity index (χ2v) is 4.73. The summed E-state index contributed by atoms with van der Waals surface area (Å²) < 4.78 is 6.29. The van der Waals surface area contributed by atoms with E-state index in [1.165, 1.54) is 0 Å². The fourth-order valence-corrected chi connectivity index (χ4v) is 2.35. The minimum Gasteiger partial charge on any atom is -0.380 e. The van der Waals surface area contributed by atoms with Crippen molar-refractivity contribution in [3.05, 3.63) is 21.8 Å². The van der Waals surface area contributed by atoms with E-state index in [4.69, 9.17) is 16.3 Å². The van der Waals surface area contributed by atoms with Crippen LogP contribution >= 0.6 is 27.5 Å². The minimum atomic E-state index is 0.686. The number of hydrogen-bond acceptors (Lipinski definition) is 3. The SMILES string of the molecule is Clc1cc(Br)cnc1N1CCCOCC1. The van der Waals surface area contributed by atoms with Gasteiger partial charge in [-0.15, -0.1) is 0 Å². The van der Waals surface area contributed by atoms with Crippen molar-refractivity contribution in [2.24, 2.45) is 0 Å². The lowest BCUT2D eigenvalue weighted by Gasteiger charge is -2.21. The fourth-order valence-electron chi connectivity index (χ4n) is 1.60. The van der Waals surface area contributed by atoms with Crippen molar-refractivity contribution >= 4 is 33.3 Å². The fraction of sp³-hybridized carbons (Fsp3) is 0.500. The van der Waals surface area contributed by atoms with Gasteiger partial charge in [-0.2, -0.15) is 0 Å². The molecular formula is C10H12BrClN2O. The Morgan fingerprint density at radius 3 is 3.07 bits per heavy atom. The lowest BCUT2D eigenvalue weighted by Crippen LogP contribution is -2.27. The Kier molecular flexibility index (Phi) is 3.83. The van der Waals surface area contributed by atoms with Crippen LogP contribution in [0.3, 0.4) is 0 Å². The normalized spacial score (nSPS) is 17.6. The summed E-state index contributed by atoms with van der Waals surface area (Å²) in [6.45, 7) is 3.38. The molecular weight excluding hydrogens is 279 g/mol. The first-order valence-electron chi connectivity index (χ1n) is 4.91. The first kappa shape index (κ1) is 11.2. The molecule has 0 amide bonds. The molecule has 0 bridgehead atoms. The first-order chi connectivity index (χ1) is 7.27. The van der Waals surface area contributed by atoms with E-state index in [-0.39, 0.29) is 0 Å². The predicted octanol–water partition coefficient (Wildman–Crippen LogP) is 2.72. The predicted molar refractivity (Wildman–Crippen MR) is 64.6 cm³/mol. The van der Waals surface area contributed by atoms with E-state index in [0.717, 1.165) is 43.0 Å². The van der Waals surface area contributed by atoms with Crippen LogP contribution in [0.4, 0.5) is 5.82 Å². The molecule has 0 N–H and O–H groups in total. The third kappa shape index (κ3) is 2.83. The Labute approximate surface area is 103 Å². The second kappa shape index (κ2) is 5.14. The number of rotatable bonds is 1. The number of anilines is 1. The highest BCUT2D eigenvalue weighted by molar-refractivity contribution is 9.10. The summed E-state index contributed by atoms with van der Waals surface area (Å²) in [4.78, 5) is 6.50. The van der Waals surface area contributed by atoms with Gasteiger partial charge in [0.2, 0.25) is 0 Å². The summed E-state index contributed by atoms with van der Waals surface area (Å²) >= 11 is 9.49. The summed E-state index contributed by atoms with van der Waals surface area (Å²) in [5.74, 6) is 0.852. The van der Waals surface area contributed by atoms with E-state index in [2.05, 4.69) is 25.8 Å². The zero-order chi connectivity index (χ0) is 10.7. The Hall–Kier alpha value is -0.320. The van der Waals surface area contributed by atoms with Crippen molar-refractivity contribution in [1.82, 2.24) is 4.98 Å². The topological polar surface area (TPSA) is 25.4 Å². The van der Waals surface area contributed by atoms with E-state index in [1.807, 2.05) is 6.07 Å².